The highest BCUT2D eigenvalue weighted by Crippen LogP contribution is 2.32. The Morgan fingerprint density at radius 2 is 2.08 bits per heavy atom. The zero-order chi connectivity index (χ0) is 10.3. The average molecular weight is 202 g/mol. The van der Waals surface area contributed by atoms with Gasteiger partial charge in [0, 0.05) is 12.3 Å². The second kappa shape index (κ2) is 3.00. The van der Waals surface area contributed by atoms with Crippen molar-refractivity contribution in [3.05, 3.63) is 0 Å². The molecule has 1 aliphatic rings. The van der Waals surface area contributed by atoms with Gasteiger partial charge in [-0.25, -0.2) is 8.42 Å². The van der Waals surface area contributed by atoms with Crippen molar-refractivity contribution in [2.45, 2.75) is 31.1 Å². The van der Waals surface area contributed by atoms with E-state index < -0.39 is 20.7 Å². The first kappa shape index (κ1) is 10.6. The highest BCUT2D eigenvalue weighted by Gasteiger charge is 2.44. The van der Waals surface area contributed by atoms with Crippen LogP contribution in [0.5, 0.6) is 0 Å². The first-order valence-corrected chi connectivity index (χ1v) is 5.95. The zero-order valence-electron chi connectivity index (χ0n) is 7.82. The Morgan fingerprint density at radius 1 is 1.54 bits per heavy atom. The third kappa shape index (κ3) is 1.72. The summed E-state index contributed by atoms with van der Waals surface area (Å²) in [7, 11) is -3.05. The molecule has 1 fully saturated rings. The minimum absolute atomic E-state index is 0.0190. The van der Waals surface area contributed by atoms with Crippen LogP contribution in [0.25, 0.3) is 0 Å². The lowest BCUT2D eigenvalue weighted by molar-refractivity contribution is 0.0405. The Kier molecular flexibility index (Phi) is 2.44. The van der Waals surface area contributed by atoms with Gasteiger partial charge in [0.05, 0.1) is 11.0 Å². The monoisotopic (exact) mass is 202 g/mol. The molecule has 0 amide bonds. The molecule has 13 heavy (non-hydrogen) atoms. The molecule has 1 heterocycles. The Morgan fingerprint density at radius 3 is 2.54 bits per heavy atom. The van der Waals surface area contributed by atoms with Gasteiger partial charge in [-0.3, -0.25) is 0 Å². The van der Waals surface area contributed by atoms with Crippen LogP contribution in [0.3, 0.4) is 0 Å². The number of hydrogen-bond donors (Lipinski definition) is 1. The van der Waals surface area contributed by atoms with Gasteiger partial charge in [-0.1, -0.05) is 12.8 Å². The van der Waals surface area contributed by atoms with Crippen LogP contribution in [0.15, 0.2) is 0 Å². The van der Waals surface area contributed by atoms with E-state index in [1.165, 1.54) is 0 Å². The molecule has 4 heteroatoms. The summed E-state index contributed by atoms with van der Waals surface area (Å²) in [6, 6.07) is 0. The van der Waals surface area contributed by atoms with Crippen molar-refractivity contribution in [1.82, 2.24) is 0 Å². The Labute approximate surface area is 79.1 Å². The summed E-state index contributed by atoms with van der Waals surface area (Å²) < 4.78 is 22.8. The molecule has 1 aliphatic heterocycles. The summed E-state index contributed by atoms with van der Waals surface area (Å²) in [6.45, 7) is 3.26. The highest BCUT2D eigenvalue weighted by molar-refractivity contribution is 7.92. The summed E-state index contributed by atoms with van der Waals surface area (Å²) in [5, 5.41) is 9.31. The molecule has 1 N–H and O–H groups in total. The SMILES string of the molecule is C#CC1(O)C[C@H](C)S(=O)(=O)C[C@@H]1C. The van der Waals surface area contributed by atoms with Crippen LogP contribution in [0.2, 0.25) is 0 Å². The number of sulfone groups is 1. The van der Waals surface area contributed by atoms with Crippen LogP contribution in [0.1, 0.15) is 20.3 Å². The third-order valence-electron chi connectivity index (χ3n) is 2.76. The molecule has 1 unspecified atom stereocenters. The summed E-state index contributed by atoms with van der Waals surface area (Å²) in [4.78, 5) is 0. The van der Waals surface area contributed by atoms with Crippen LogP contribution in [-0.4, -0.2) is 30.1 Å². The molecule has 3 atom stereocenters. The van der Waals surface area contributed by atoms with Crippen LogP contribution < -0.4 is 0 Å². The molecule has 0 spiro atoms. The molecule has 0 bridgehead atoms. The van der Waals surface area contributed by atoms with Gasteiger partial charge in [0.1, 0.15) is 5.60 Å². The normalized spacial score (nSPS) is 43.8. The smallest absolute Gasteiger partial charge is 0.153 e. The molecule has 0 aromatic carbocycles. The first-order valence-electron chi connectivity index (χ1n) is 4.23. The van der Waals surface area contributed by atoms with Gasteiger partial charge in [-0.2, -0.15) is 0 Å². The Bertz CT molecular complexity index is 338. The van der Waals surface area contributed by atoms with E-state index in [2.05, 4.69) is 5.92 Å². The highest BCUT2D eigenvalue weighted by atomic mass is 32.2. The van der Waals surface area contributed by atoms with Crippen molar-refractivity contribution in [2.24, 2.45) is 5.92 Å². The molecule has 0 aromatic heterocycles. The molecule has 0 radical (unpaired) electrons. The molecule has 1 saturated heterocycles. The van der Waals surface area contributed by atoms with Gasteiger partial charge in [-0.05, 0) is 6.92 Å². The first-order chi connectivity index (χ1) is 5.82. The lowest BCUT2D eigenvalue weighted by atomic mass is 9.86. The van der Waals surface area contributed by atoms with E-state index in [9.17, 15) is 13.5 Å². The molecule has 1 rings (SSSR count). The number of aliphatic hydroxyl groups is 1. The fourth-order valence-electron chi connectivity index (χ4n) is 1.62. The maximum Gasteiger partial charge on any atom is 0.153 e. The van der Waals surface area contributed by atoms with Crippen LogP contribution in [0.4, 0.5) is 0 Å². The molecular weight excluding hydrogens is 188 g/mol. The Hall–Kier alpha value is -0.530. The van der Waals surface area contributed by atoms with Crippen LogP contribution in [0, 0.1) is 18.3 Å². The predicted molar refractivity (Wildman–Crippen MR) is 50.8 cm³/mol. The topological polar surface area (TPSA) is 54.4 Å². The molecule has 74 valence electrons. The van der Waals surface area contributed by atoms with Crippen LogP contribution >= 0.6 is 0 Å². The number of rotatable bonds is 0. The number of hydrogen-bond acceptors (Lipinski definition) is 3. The summed E-state index contributed by atoms with van der Waals surface area (Å²) >= 11 is 0. The summed E-state index contributed by atoms with van der Waals surface area (Å²) in [6.07, 6.45) is 5.33. The minimum atomic E-state index is -3.05. The van der Waals surface area contributed by atoms with Crippen molar-refractivity contribution in [3.63, 3.8) is 0 Å². The van der Waals surface area contributed by atoms with E-state index >= 15 is 0 Å². The van der Waals surface area contributed by atoms with E-state index in [1.807, 2.05) is 0 Å². The Balaban J connectivity index is 3.00. The maximum atomic E-state index is 11.4. The second-order valence-electron chi connectivity index (χ2n) is 3.81. The van der Waals surface area contributed by atoms with Gasteiger partial charge in [-0.15, -0.1) is 6.42 Å². The van der Waals surface area contributed by atoms with Gasteiger partial charge < -0.3 is 5.11 Å². The number of terminal acetylenes is 1. The van der Waals surface area contributed by atoms with Gasteiger partial charge in [0.2, 0.25) is 0 Å². The minimum Gasteiger partial charge on any atom is -0.377 e. The van der Waals surface area contributed by atoms with Crippen molar-refractivity contribution in [1.29, 1.82) is 0 Å². The van der Waals surface area contributed by atoms with E-state index in [-0.39, 0.29) is 18.1 Å². The fourth-order valence-corrected chi connectivity index (χ4v) is 3.43. The van der Waals surface area contributed by atoms with Crippen LogP contribution in [-0.2, 0) is 9.84 Å². The third-order valence-corrected chi connectivity index (χ3v) is 5.12. The predicted octanol–water partition coefficient (Wildman–Crippen LogP) is 0.194. The lowest BCUT2D eigenvalue weighted by Crippen LogP contribution is -2.48. The molecule has 0 aromatic rings. The second-order valence-corrected chi connectivity index (χ2v) is 6.28. The van der Waals surface area contributed by atoms with Crippen molar-refractivity contribution in [3.8, 4) is 12.3 Å². The van der Waals surface area contributed by atoms with E-state index in [4.69, 9.17) is 6.42 Å². The van der Waals surface area contributed by atoms with Gasteiger partial charge in [0.25, 0.3) is 0 Å². The van der Waals surface area contributed by atoms with Gasteiger partial charge in [0.15, 0.2) is 9.84 Å². The van der Waals surface area contributed by atoms with Gasteiger partial charge >= 0.3 is 0 Å². The average Bonchev–Trinajstić information content (AvgIpc) is 2.01. The quantitative estimate of drug-likeness (QED) is 0.571. The van der Waals surface area contributed by atoms with E-state index in [0.717, 1.165) is 0 Å². The lowest BCUT2D eigenvalue weighted by Gasteiger charge is -2.36. The molecule has 3 nitrogen and oxygen atoms in total. The van der Waals surface area contributed by atoms with Crippen molar-refractivity contribution in [2.75, 3.05) is 5.75 Å². The molecule has 0 saturated carbocycles. The molecular formula is C9H14O3S. The van der Waals surface area contributed by atoms with E-state index in [0.29, 0.717) is 0 Å². The van der Waals surface area contributed by atoms with Crippen molar-refractivity contribution < 1.29 is 13.5 Å². The summed E-state index contributed by atoms with van der Waals surface area (Å²) in [5.74, 6) is 1.89. The summed E-state index contributed by atoms with van der Waals surface area (Å²) in [5.41, 5.74) is -1.25. The van der Waals surface area contributed by atoms with Crippen molar-refractivity contribution >= 4 is 9.84 Å². The largest absolute Gasteiger partial charge is 0.377 e. The zero-order valence-corrected chi connectivity index (χ0v) is 8.63. The standard InChI is InChI=1S/C9H14O3S/c1-4-9(10)5-8(3)13(11,12)6-7(9)2/h1,7-8,10H,5-6H2,2-3H3/t7-,8-,9?/m0/s1. The maximum absolute atomic E-state index is 11.4. The fraction of sp³-hybridized carbons (Fsp3) is 0.778. The molecule has 0 aliphatic carbocycles. The van der Waals surface area contributed by atoms with E-state index in [1.54, 1.807) is 13.8 Å².